The van der Waals surface area contributed by atoms with Crippen LogP contribution in [0.3, 0.4) is 0 Å². The van der Waals surface area contributed by atoms with Crippen LogP contribution in [0.25, 0.3) is 10.9 Å². The second-order valence-electron chi connectivity index (χ2n) is 18.3. The van der Waals surface area contributed by atoms with E-state index in [-0.39, 0.29) is 56.7 Å². The number of esters is 1. The molecular weight excluding hydrogens is 919 g/mol. The van der Waals surface area contributed by atoms with Crippen molar-refractivity contribution in [1.29, 1.82) is 0 Å². The van der Waals surface area contributed by atoms with Crippen LogP contribution in [0.2, 0.25) is 0 Å². The van der Waals surface area contributed by atoms with E-state index in [1.807, 2.05) is 0 Å². The lowest BCUT2D eigenvalue weighted by Gasteiger charge is -2.30. The summed E-state index contributed by atoms with van der Waals surface area (Å²) in [5.41, 5.74) is 1.89. The Balaban J connectivity index is 1.29. The number of para-hydroxylation sites is 1. The minimum absolute atomic E-state index is 0.0514. The van der Waals surface area contributed by atoms with Crippen molar-refractivity contribution in [2.75, 3.05) is 20.3 Å². The molecule has 4 aromatic rings. The van der Waals surface area contributed by atoms with E-state index in [9.17, 15) is 48.6 Å². The molecule has 0 unspecified atom stereocenters. The Morgan fingerprint density at radius 2 is 1.46 bits per heavy atom. The van der Waals surface area contributed by atoms with Gasteiger partial charge in [-0.05, 0) is 60.1 Å². The number of aromatic nitrogens is 1. The molecule has 0 saturated carbocycles. The van der Waals surface area contributed by atoms with Crippen LogP contribution in [-0.2, 0) is 67.2 Å². The number of phenolic OH excluding ortho intramolecular Hbond substituents is 1. The highest BCUT2D eigenvalue weighted by Gasteiger charge is 2.42. The van der Waals surface area contributed by atoms with Crippen LogP contribution in [0.1, 0.15) is 62.4 Å². The molecule has 0 radical (unpaired) electrons. The van der Waals surface area contributed by atoms with Crippen molar-refractivity contribution in [1.82, 2.24) is 46.7 Å². The number of nitrogens with zero attached hydrogens (tertiary/aromatic N) is 2. The number of benzene rings is 3. The summed E-state index contributed by atoms with van der Waals surface area (Å²) in [6.07, 6.45) is 0.546. The van der Waals surface area contributed by atoms with Crippen molar-refractivity contribution in [3.8, 4) is 5.75 Å². The number of aliphatic hydroxyl groups excluding tert-OH is 1. The molecule has 21 heteroatoms. The molecular formula is C50H59N9O12. The third kappa shape index (κ3) is 12.1. The summed E-state index contributed by atoms with van der Waals surface area (Å²) in [6, 6.07) is 12.5. The Morgan fingerprint density at radius 3 is 2.14 bits per heavy atom. The van der Waals surface area contributed by atoms with Gasteiger partial charge >= 0.3 is 5.97 Å². The minimum atomic E-state index is -1.69. The Morgan fingerprint density at radius 1 is 0.775 bits per heavy atom. The van der Waals surface area contributed by atoms with E-state index in [0.29, 0.717) is 34.0 Å². The normalized spacial score (nSPS) is 23.6. The highest BCUT2D eigenvalue weighted by molar-refractivity contribution is 5.99. The van der Waals surface area contributed by atoms with Gasteiger partial charge < -0.3 is 61.6 Å². The Labute approximate surface area is 408 Å². The van der Waals surface area contributed by atoms with Crippen LogP contribution in [0.5, 0.6) is 5.75 Å². The first-order valence-corrected chi connectivity index (χ1v) is 23.6. The molecule has 8 amide bonds. The number of carbonyl (C=O) groups is 9. The molecule has 0 spiro atoms. The quantitative estimate of drug-likeness (QED) is 0.0814. The molecule has 1 aromatic heterocycles. The fourth-order valence-corrected chi connectivity index (χ4v) is 9.18. The zero-order chi connectivity index (χ0) is 50.9. The van der Waals surface area contributed by atoms with Gasteiger partial charge in [-0.25, -0.2) is 4.79 Å². The third-order valence-corrected chi connectivity index (χ3v) is 13.0. The lowest BCUT2D eigenvalue weighted by molar-refractivity contribution is -0.145. The summed E-state index contributed by atoms with van der Waals surface area (Å²) in [7, 11) is 1.12. The van der Waals surface area contributed by atoms with Crippen molar-refractivity contribution in [2.45, 2.75) is 107 Å². The van der Waals surface area contributed by atoms with E-state index in [0.717, 1.165) is 7.11 Å². The average Bonchev–Trinajstić information content (AvgIpc) is 4.12. The maximum Gasteiger partial charge on any atom is 0.328 e. The Hall–Kier alpha value is -7.81. The van der Waals surface area contributed by atoms with Gasteiger partial charge in [0.1, 0.15) is 48.0 Å². The number of phenols is 1. The van der Waals surface area contributed by atoms with Crippen molar-refractivity contribution in [2.24, 2.45) is 5.92 Å². The molecule has 3 aliphatic heterocycles. The predicted molar refractivity (Wildman–Crippen MR) is 254 cm³/mol. The smallest absolute Gasteiger partial charge is 0.328 e. The van der Waals surface area contributed by atoms with E-state index in [2.05, 4.69) is 37.2 Å². The fourth-order valence-electron chi connectivity index (χ4n) is 9.18. The molecule has 3 aliphatic rings. The summed E-state index contributed by atoms with van der Waals surface area (Å²) in [4.78, 5) is 127. The van der Waals surface area contributed by atoms with E-state index < -0.39 is 108 Å². The molecule has 0 aliphatic carbocycles. The zero-order valence-corrected chi connectivity index (χ0v) is 39.5. The number of fused-ring (bicyclic) bond motifs is 5. The second-order valence-corrected chi connectivity index (χ2v) is 18.3. The number of nitrogens with one attached hydrogen (secondary N) is 7. The number of ether oxygens (including phenoxy) is 1. The molecule has 4 heterocycles. The maximum absolute atomic E-state index is 15.0. The van der Waals surface area contributed by atoms with Crippen LogP contribution in [0, 0.1) is 5.92 Å². The minimum Gasteiger partial charge on any atom is -0.508 e. The van der Waals surface area contributed by atoms with Crippen LogP contribution in [-0.4, -0.2) is 135 Å². The van der Waals surface area contributed by atoms with Gasteiger partial charge in [0.2, 0.25) is 41.4 Å². The van der Waals surface area contributed by atoms with Crippen molar-refractivity contribution >= 4 is 64.1 Å². The molecule has 2 fully saturated rings. The van der Waals surface area contributed by atoms with Crippen LogP contribution in [0.15, 0.2) is 85.1 Å². The van der Waals surface area contributed by atoms with E-state index >= 15 is 4.79 Å². The summed E-state index contributed by atoms with van der Waals surface area (Å²) in [5.74, 6) is -7.24. The molecule has 21 nitrogen and oxygen atoms in total. The van der Waals surface area contributed by atoms with E-state index in [1.54, 1.807) is 80.6 Å². The summed E-state index contributed by atoms with van der Waals surface area (Å²) >= 11 is 0. The van der Waals surface area contributed by atoms with Crippen molar-refractivity contribution < 1.29 is 58.1 Å². The number of methoxy groups -OCH3 is 1. The number of rotatable bonds is 12. The average molecular weight is 978 g/mol. The summed E-state index contributed by atoms with van der Waals surface area (Å²) in [6.45, 7) is 2.69. The number of amides is 8. The first-order chi connectivity index (χ1) is 34.0. The first-order valence-electron chi connectivity index (χ1n) is 23.6. The highest BCUT2D eigenvalue weighted by Crippen LogP contribution is 2.27. The highest BCUT2D eigenvalue weighted by atomic mass is 16.5. The number of aromatic hydroxyl groups is 1. The number of hydrogen-bond acceptors (Lipinski definition) is 12. The van der Waals surface area contributed by atoms with Gasteiger partial charge in [0.25, 0.3) is 5.91 Å². The topological polar surface area (TPSA) is 296 Å². The van der Waals surface area contributed by atoms with Crippen molar-refractivity contribution in [3.63, 3.8) is 0 Å². The SMILES string of the molecule is COC(=O)[C@@H]1Cc2cn(c3ccccc23)[C@@H](NC(=O)[C@H](Cc2ccc(O)cc2)NC(=O)[C@@H]2CCCN2C(=O)[C@@H]2CCC(=O)N2)C(=O)N[C@@H](C(C)C)C(=O)N[C@H](Cc2ccccc2)C(=O)N[C@@H](CO)C(=O)N1. The summed E-state index contributed by atoms with van der Waals surface area (Å²) < 4.78 is 6.49. The van der Waals surface area contributed by atoms with E-state index in [1.165, 1.54) is 27.8 Å². The van der Waals surface area contributed by atoms with Crippen LogP contribution < -0.4 is 37.2 Å². The zero-order valence-electron chi connectivity index (χ0n) is 39.5. The molecule has 9 N–H and O–H groups in total. The van der Waals surface area contributed by atoms with Crippen molar-refractivity contribution in [3.05, 3.63) is 102 Å². The van der Waals surface area contributed by atoms with Gasteiger partial charge in [0, 0.05) is 43.8 Å². The molecule has 71 heavy (non-hydrogen) atoms. The predicted octanol–water partition coefficient (Wildman–Crippen LogP) is -0.482. The summed E-state index contributed by atoms with van der Waals surface area (Å²) in [5, 5.41) is 39.7. The monoisotopic (exact) mass is 977 g/mol. The van der Waals surface area contributed by atoms with Crippen LogP contribution >= 0.6 is 0 Å². The maximum atomic E-state index is 15.0. The molecule has 376 valence electrons. The van der Waals surface area contributed by atoms with E-state index in [4.69, 9.17) is 4.74 Å². The Bertz CT molecular complexity index is 2660. The van der Waals surface area contributed by atoms with Gasteiger partial charge in [-0.15, -0.1) is 0 Å². The standard InChI is InChI=1S/C50H59N9O12/c1-27(2)41-47(67)53-34(22-28-10-5-4-6-11-28)43(63)55-37(26-60)45(65)54-36(50(70)71-3)24-30-25-59(38-13-8-7-12-32(30)38)42(48(68)56-41)57-44(64)35(23-29-15-17-31(61)18-16-29)52-46(66)39-14-9-21-58(39)49(69)33-19-20-40(62)51-33/h4-8,10-13,15-18,25,27,33-37,39,41-42,60-61H,9,14,19-24,26H2,1-3H3,(H,51,62)(H,52,66)(H,53,67)(H,54,65)(H,55,63)(H,56,68)(H,57,64)/t33-,34+,35-,36-,37-,39-,41-,42+/m0/s1. The number of likely N-dealkylation sites (tertiary alicyclic amines) is 1. The molecule has 7 rings (SSSR count). The van der Waals surface area contributed by atoms with Crippen LogP contribution in [0.4, 0.5) is 0 Å². The molecule has 2 bridgehead atoms. The van der Waals surface area contributed by atoms with Gasteiger partial charge in [-0.3, -0.25) is 38.4 Å². The van der Waals surface area contributed by atoms with Gasteiger partial charge in [-0.2, -0.15) is 0 Å². The number of aliphatic hydroxyl groups is 1. The second kappa shape index (κ2) is 22.7. The fraction of sp³-hybridized carbons (Fsp3) is 0.420. The third-order valence-electron chi connectivity index (χ3n) is 13.0. The molecule has 2 saturated heterocycles. The lowest BCUT2D eigenvalue weighted by Crippen LogP contribution is -2.60. The first kappa shape index (κ1) is 51.1. The van der Waals surface area contributed by atoms with Gasteiger partial charge in [0.05, 0.1) is 19.2 Å². The molecule has 8 atom stereocenters. The van der Waals surface area contributed by atoms with Gasteiger partial charge in [-0.1, -0.05) is 74.5 Å². The van der Waals surface area contributed by atoms with Gasteiger partial charge in [0.15, 0.2) is 6.17 Å². The number of hydrogen-bond donors (Lipinski definition) is 9. The Kier molecular flexibility index (Phi) is 16.4. The number of carbonyl (C=O) groups excluding carboxylic acids is 9. The largest absolute Gasteiger partial charge is 0.508 e. The lowest BCUT2D eigenvalue weighted by atomic mass is 10.0. The molecule has 3 aromatic carbocycles.